The zero-order chi connectivity index (χ0) is 24.2. The number of rotatable bonds is 7. The fourth-order valence-electron chi connectivity index (χ4n) is 3.91. The first-order valence-electron chi connectivity index (χ1n) is 11.0. The Morgan fingerprint density at radius 2 is 1.44 bits per heavy atom. The van der Waals surface area contributed by atoms with Crippen molar-refractivity contribution in [3.63, 3.8) is 0 Å². The highest BCUT2D eigenvalue weighted by atomic mass is 16.5. The summed E-state index contributed by atoms with van der Waals surface area (Å²) in [4.78, 5) is 24.7. The molecular weight excluding hydrogens is 454 g/mol. The molecule has 0 aliphatic carbocycles. The quantitative estimate of drug-likeness (QED) is 0.335. The summed E-state index contributed by atoms with van der Waals surface area (Å²) >= 11 is 0. The van der Waals surface area contributed by atoms with E-state index in [-0.39, 0.29) is 13.1 Å². The summed E-state index contributed by atoms with van der Waals surface area (Å²) in [5, 5.41) is 13.7. The average Bonchev–Trinajstić information content (AvgIpc) is 3.25. The number of para-hydroxylation sites is 2. The number of aliphatic carboxylic acids is 1. The van der Waals surface area contributed by atoms with Crippen molar-refractivity contribution in [2.45, 2.75) is 7.43 Å². The number of benzene rings is 4. The minimum absolute atomic E-state index is 0. The molecule has 0 aliphatic heterocycles. The Balaban J connectivity index is 0.00000304. The molecule has 0 atom stereocenters. The summed E-state index contributed by atoms with van der Waals surface area (Å²) in [6.45, 7) is -0.438. The lowest BCUT2D eigenvalue weighted by Gasteiger charge is -2.10. The summed E-state index contributed by atoms with van der Waals surface area (Å²) in [6.07, 6.45) is 0. The summed E-state index contributed by atoms with van der Waals surface area (Å²) < 4.78 is 8.34. The van der Waals surface area contributed by atoms with Gasteiger partial charge < -0.3 is 9.84 Å². The minimum Gasteiger partial charge on any atom is -0.482 e. The molecular formula is C29H25N3O4. The smallest absolute Gasteiger partial charge is 0.355 e. The Kier molecular flexibility index (Phi) is 7.11. The molecule has 1 aromatic heterocycles. The van der Waals surface area contributed by atoms with Crippen LogP contribution in [0.2, 0.25) is 0 Å². The largest absolute Gasteiger partial charge is 0.482 e. The van der Waals surface area contributed by atoms with Gasteiger partial charge in [0.1, 0.15) is 5.75 Å². The van der Waals surface area contributed by atoms with Gasteiger partial charge in [-0.15, -0.1) is 5.10 Å². The monoisotopic (exact) mass is 479 g/mol. The molecule has 0 spiro atoms. The second-order valence-electron chi connectivity index (χ2n) is 7.78. The Morgan fingerprint density at radius 3 is 2.17 bits per heavy atom. The molecule has 7 heteroatoms. The van der Waals surface area contributed by atoms with Crippen LogP contribution in [0.3, 0.4) is 0 Å². The fourth-order valence-corrected chi connectivity index (χ4v) is 3.91. The molecule has 0 saturated heterocycles. The van der Waals surface area contributed by atoms with E-state index in [9.17, 15) is 9.59 Å². The third kappa shape index (κ3) is 4.81. The SMILES string of the molecule is C.O=C(O)COc1cccc(-c2ccccc2-n2nc(-c3ccccc3)n(-c3ccccc3)c2=O)c1. The van der Waals surface area contributed by atoms with E-state index in [1.807, 2.05) is 91.0 Å². The van der Waals surface area contributed by atoms with Crippen LogP contribution in [-0.2, 0) is 4.79 Å². The zero-order valence-electron chi connectivity index (χ0n) is 18.6. The van der Waals surface area contributed by atoms with Crippen molar-refractivity contribution in [1.82, 2.24) is 14.3 Å². The molecule has 5 rings (SSSR count). The third-order valence-electron chi connectivity index (χ3n) is 5.46. The number of carbonyl (C=O) groups is 1. The van der Waals surface area contributed by atoms with Crippen LogP contribution in [0.4, 0.5) is 0 Å². The normalized spacial score (nSPS) is 10.4. The van der Waals surface area contributed by atoms with Gasteiger partial charge in [0.15, 0.2) is 12.4 Å². The summed E-state index contributed by atoms with van der Waals surface area (Å²) in [5.41, 5.74) is 3.34. The standard InChI is InChI=1S/C28H21N3O4.CH4/c32-26(33)19-35-23-15-9-12-21(18-23)24-16-7-8-17-25(24)31-28(34)30(22-13-5-2-6-14-22)27(29-31)20-10-3-1-4-11-20;/h1-18H,19H2,(H,32,33);1H4. The van der Waals surface area contributed by atoms with Crippen molar-refractivity contribution in [2.75, 3.05) is 6.61 Å². The Hall–Kier alpha value is -4.91. The first kappa shape index (κ1) is 24.2. The molecule has 4 aromatic carbocycles. The molecule has 1 N–H and O–H groups in total. The Bertz CT molecular complexity index is 1540. The van der Waals surface area contributed by atoms with Gasteiger partial charge in [-0.2, -0.15) is 4.68 Å². The van der Waals surface area contributed by atoms with E-state index in [1.54, 1.807) is 22.8 Å². The number of carboxylic acid groups (broad SMARTS) is 1. The number of carboxylic acids is 1. The van der Waals surface area contributed by atoms with E-state index >= 15 is 0 Å². The van der Waals surface area contributed by atoms with Crippen LogP contribution < -0.4 is 10.4 Å². The van der Waals surface area contributed by atoms with E-state index in [2.05, 4.69) is 0 Å². The Labute approximate surface area is 208 Å². The van der Waals surface area contributed by atoms with Crippen molar-refractivity contribution < 1.29 is 14.6 Å². The molecule has 180 valence electrons. The molecule has 1 heterocycles. The lowest BCUT2D eigenvalue weighted by atomic mass is 10.0. The van der Waals surface area contributed by atoms with Gasteiger partial charge in [0.05, 0.1) is 11.4 Å². The number of ether oxygens (including phenoxy) is 1. The van der Waals surface area contributed by atoms with Gasteiger partial charge in [-0.25, -0.2) is 14.2 Å². The van der Waals surface area contributed by atoms with E-state index in [0.29, 0.717) is 22.9 Å². The van der Waals surface area contributed by atoms with Crippen molar-refractivity contribution in [3.8, 4) is 39.6 Å². The predicted octanol–water partition coefficient (Wildman–Crippen LogP) is 5.46. The summed E-state index contributed by atoms with van der Waals surface area (Å²) in [6, 6.07) is 33.5. The third-order valence-corrected chi connectivity index (χ3v) is 5.46. The molecule has 0 saturated carbocycles. The van der Waals surface area contributed by atoms with Crippen molar-refractivity contribution >= 4 is 5.97 Å². The van der Waals surface area contributed by atoms with Gasteiger partial charge in [0.25, 0.3) is 0 Å². The minimum atomic E-state index is -1.05. The zero-order valence-corrected chi connectivity index (χ0v) is 18.6. The molecule has 0 aliphatic rings. The van der Waals surface area contributed by atoms with Crippen LogP contribution in [-0.4, -0.2) is 32.0 Å². The maximum absolute atomic E-state index is 13.8. The maximum Gasteiger partial charge on any atom is 0.355 e. The first-order valence-corrected chi connectivity index (χ1v) is 11.0. The van der Waals surface area contributed by atoms with Gasteiger partial charge in [-0.3, -0.25) is 0 Å². The summed E-state index contributed by atoms with van der Waals surface area (Å²) in [7, 11) is 0. The van der Waals surface area contributed by atoms with Crippen LogP contribution in [0.15, 0.2) is 114 Å². The molecule has 0 amide bonds. The average molecular weight is 480 g/mol. The molecule has 0 bridgehead atoms. The fraction of sp³-hybridized carbons (Fsp3) is 0.0690. The molecule has 0 unspecified atom stereocenters. The van der Waals surface area contributed by atoms with Gasteiger partial charge in [-0.1, -0.05) is 86.3 Å². The highest BCUT2D eigenvalue weighted by molar-refractivity contribution is 5.74. The van der Waals surface area contributed by atoms with Crippen molar-refractivity contribution in [2.24, 2.45) is 0 Å². The Morgan fingerprint density at radius 1 is 0.806 bits per heavy atom. The number of hydrogen-bond donors (Lipinski definition) is 1. The lowest BCUT2D eigenvalue weighted by molar-refractivity contribution is -0.139. The van der Waals surface area contributed by atoms with Crippen LogP contribution in [0.1, 0.15) is 7.43 Å². The number of hydrogen-bond acceptors (Lipinski definition) is 4. The summed E-state index contributed by atoms with van der Waals surface area (Å²) in [5.74, 6) is -0.107. The van der Waals surface area contributed by atoms with Crippen LogP contribution >= 0.6 is 0 Å². The topological polar surface area (TPSA) is 86.3 Å². The highest BCUT2D eigenvalue weighted by Gasteiger charge is 2.19. The molecule has 0 radical (unpaired) electrons. The maximum atomic E-state index is 13.8. The van der Waals surface area contributed by atoms with E-state index in [4.69, 9.17) is 14.9 Å². The molecule has 5 aromatic rings. The predicted molar refractivity (Wildman–Crippen MR) is 140 cm³/mol. The van der Waals surface area contributed by atoms with E-state index in [1.165, 1.54) is 4.68 Å². The van der Waals surface area contributed by atoms with Crippen molar-refractivity contribution in [1.29, 1.82) is 0 Å². The van der Waals surface area contributed by atoms with Crippen molar-refractivity contribution in [3.05, 3.63) is 120 Å². The van der Waals surface area contributed by atoms with E-state index in [0.717, 1.165) is 16.7 Å². The van der Waals surface area contributed by atoms with Gasteiger partial charge in [-0.05, 0) is 35.9 Å². The second-order valence-corrected chi connectivity index (χ2v) is 7.78. The molecule has 0 fully saturated rings. The van der Waals surface area contributed by atoms with Crippen LogP contribution in [0.5, 0.6) is 5.75 Å². The van der Waals surface area contributed by atoms with Gasteiger partial charge in [0, 0.05) is 11.1 Å². The van der Waals surface area contributed by atoms with Crippen LogP contribution in [0, 0.1) is 0 Å². The highest BCUT2D eigenvalue weighted by Crippen LogP contribution is 2.29. The second kappa shape index (κ2) is 10.6. The van der Waals surface area contributed by atoms with Gasteiger partial charge >= 0.3 is 11.7 Å². The number of nitrogens with zero attached hydrogens (tertiary/aromatic N) is 3. The molecule has 36 heavy (non-hydrogen) atoms. The lowest BCUT2D eigenvalue weighted by Crippen LogP contribution is -2.23. The van der Waals surface area contributed by atoms with Gasteiger partial charge in [0.2, 0.25) is 0 Å². The van der Waals surface area contributed by atoms with E-state index < -0.39 is 12.6 Å². The van der Waals surface area contributed by atoms with Crippen LogP contribution in [0.25, 0.3) is 33.9 Å². The first-order chi connectivity index (χ1) is 17.1. The number of aromatic nitrogens is 3. The molecule has 7 nitrogen and oxygen atoms in total.